The van der Waals surface area contributed by atoms with Crippen molar-refractivity contribution >= 4 is 28.2 Å². The van der Waals surface area contributed by atoms with Gasteiger partial charge in [-0.2, -0.15) is 0 Å². The second-order valence-electron chi connectivity index (χ2n) is 5.06. The van der Waals surface area contributed by atoms with Gasteiger partial charge in [0.1, 0.15) is 0 Å². The second kappa shape index (κ2) is 4.88. The summed E-state index contributed by atoms with van der Waals surface area (Å²) in [7, 11) is 0. The predicted octanol–water partition coefficient (Wildman–Crippen LogP) is 5.10. The number of nitrogens with one attached hydrogen (secondary N) is 1. The van der Waals surface area contributed by atoms with E-state index in [1.54, 1.807) is 0 Å². The Morgan fingerprint density at radius 1 is 0.850 bits per heavy atom. The first-order valence-corrected chi connectivity index (χ1v) is 7.77. The van der Waals surface area contributed by atoms with Crippen LogP contribution in [0.1, 0.15) is 10.8 Å². The van der Waals surface area contributed by atoms with Gasteiger partial charge < -0.3 is 5.32 Å². The molecule has 3 aromatic carbocycles. The molecule has 98 valence electrons. The van der Waals surface area contributed by atoms with Crippen molar-refractivity contribution in [2.24, 2.45) is 0 Å². The van der Waals surface area contributed by atoms with Gasteiger partial charge in [0.2, 0.25) is 0 Å². The average molecular weight is 277 g/mol. The SMILES string of the molecule is c1ccc(C2CNc3c(ccc4ccccc34)S2)cc1. The third kappa shape index (κ3) is 1.97. The molecule has 1 unspecified atom stereocenters. The van der Waals surface area contributed by atoms with Crippen molar-refractivity contribution in [3.05, 3.63) is 72.3 Å². The lowest BCUT2D eigenvalue weighted by atomic mass is 10.1. The highest BCUT2D eigenvalue weighted by Gasteiger charge is 2.21. The Balaban J connectivity index is 1.75. The summed E-state index contributed by atoms with van der Waals surface area (Å²) in [6.45, 7) is 0.982. The van der Waals surface area contributed by atoms with E-state index >= 15 is 0 Å². The van der Waals surface area contributed by atoms with Gasteiger partial charge in [0.05, 0.1) is 10.9 Å². The molecule has 1 N–H and O–H groups in total. The van der Waals surface area contributed by atoms with E-state index in [4.69, 9.17) is 0 Å². The van der Waals surface area contributed by atoms with Crippen LogP contribution in [0.4, 0.5) is 5.69 Å². The third-order valence-electron chi connectivity index (χ3n) is 3.80. The third-order valence-corrected chi connectivity index (χ3v) is 5.11. The number of hydrogen-bond donors (Lipinski definition) is 1. The molecular formula is C18H15NS. The summed E-state index contributed by atoms with van der Waals surface area (Å²) in [6, 6.07) is 23.8. The highest BCUT2D eigenvalue weighted by Crippen LogP contribution is 2.45. The number of hydrogen-bond acceptors (Lipinski definition) is 2. The summed E-state index contributed by atoms with van der Waals surface area (Å²) in [5, 5.41) is 6.75. The Morgan fingerprint density at radius 2 is 1.65 bits per heavy atom. The van der Waals surface area contributed by atoms with Gasteiger partial charge in [-0.15, -0.1) is 11.8 Å². The van der Waals surface area contributed by atoms with Crippen molar-refractivity contribution in [1.29, 1.82) is 0 Å². The van der Waals surface area contributed by atoms with Gasteiger partial charge in [0.25, 0.3) is 0 Å². The molecule has 20 heavy (non-hydrogen) atoms. The fraction of sp³-hybridized carbons (Fsp3) is 0.111. The summed E-state index contributed by atoms with van der Waals surface area (Å²) in [6.07, 6.45) is 0. The van der Waals surface area contributed by atoms with Crippen LogP contribution in [0.2, 0.25) is 0 Å². The summed E-state index contributed by atoms with van der Waals surface area (Å²) in [5.41, 5.74) is 2.68. The second-order valence-corrected chi connectivity index (χ2v) is 6.30. The van der Waals surface area contributed by atoms with Crippen molar-refractivity contribution in [3.8, 4) is 0 Å². The van der Waals surface area contributed by atoms with Crippen molar-refractivity contribution in [2.45, 2.75) is 10.1 Å². The quantitative estimate of drug-likeness (QED) is 0.664. The zero-order valence-corrected chi connectivity index (χ0v) is 11.9. The van der Waals surface area contributed by atoms with E-state index in [2.05, 4.69) is 72.0 Å². The molecule has 0 saturated carbocycles. The van der Waals surface area contributed by atoms with E-state index in [-0.39, 0.29) is 0 Å². The Kier molecular flexibility index (Phi) is 2.89. The molecule has 0 spiro atoms. The minimum Gasteiger partial charge on any atom is -0.382 e. The number of anilines is 1. The highest BCUT2D eigenvalue weighted by atomic mass is 32.2. The number of benzene rings is 3. The zero-order valence-electron chi connectivity index (χ0n) is 11.0. The maximum absolute atomic E-state index is 3.63. The molecule has 1 aliphatic heterocycles. The van der Waals surface area contributed by atoms with Crippen molar-refractivity contribution in [1.82, 2.24) is 0 Å². The smallest absolute Gasteiger partial charge is 0.0558 e. The van der Waals surface area contributed by atoms with Crippen LogP contribution in [0.15, 0.2) is 71.6 Å². The Labute approximate surface area is 123 Å². The van der Waals surface area contributed by atoms with Gasteiger partial charge in [-0.1, -0.05) is 60.7 Å². The highest BCUT2D eigenvalue weighted by molar-refractivity contribution is 7.99. The molecule has 1 nitrogen and oxygen atoms in total. The van der Waals surface area contributed by atoms with Crippen LogP contribution < -0.4 is 5.32 Å². The molecular weight excluding hydrogens is 262 g/mol. The fourth-order valence-corrected chi connectivity index (χ4v) is 3.99. The zero-order chi connectivity index (χ0) is 13.4. The molecule has 2 heteroatoms. The summed E-state index contributed by atoms with van der Waals surface area (Å²) >= 11 is 1.96. The summed E-state index contributed by atoms with van der Waals surface area (Å²) in [5.74, 6) is 0. The van der Waals surface area contributed by atoms with Crippen LogP contribution in [-0.4, -0.2) is 6.54 Å². The molecule has 1 aliphatic rings. The van der Waals surface area contributed by atoms with Gasteiger partial charge in [-0.3, -0.25) is 0 Å². The van der Waals surface area contributed by atoms with Crippen LogP contribution >= 0.6 is 11.8 Å². The molecule has 3 aromatic rings. The number of thioether (sulfide) groups is 1. The maximum atomic E-state index is 3.63. The predicted molar refractivity (Wildman–Crippen MR) is 87.5 cm³/mol. The molecule has 0 fully saturated rings. The van der Waals surface area contributed by atoms with Crippen LogP contribution in [0.3, 0.4) is 0 Å². The van der Waals surface area contributed by atoms with Gasteiger partial charge in [0.15, 0.2) is 0 Å². The van der Waals surface area contributed by atoms with Crippen LogP contribution in [-0.2, 0) is 0 Å². The Hall–Kier alpha value is -1.93. The largest absolute Gasteiger partial charge is 0.382 e. The number of fused-ring (bicyclic) bond motifs is 3. The molecule has 0 bridgehead atoms. The molecule has 0 amide bonds. The fourth-order valence-electron chi connectivity index (χ4n) is 2.78. The first-order chi connectivity index (χ1) is 9.92. The summed E-state index contributed by atoms with van der Waals surface area (Å²) < 4.78 is 0. The van der Waals surface area contributed by atoms with Gasteiger partial charge in [-0.05, 0) is 17.0 Å². The van der Waals surface area contributed by atoms with E-state index in [0.717, 1.165) is 6.54 Å². The summed E-state index contributed by atoms with van der Waals surface area (Å²) in [4.78, 5) is 1.35. The lowest BCUT2D eigenvalue weighted by Crippen LogP contribution is -2.15. The van der Waals surface area contributed by atoms with E-state index in [9.17, 15) is 0 Å². The molecule has 4 rings (SSSR count). The first kappa shape index (κ1) is 11.9. The molecule has 0 radical (unpaired) electrons. The molecule has 0 aromatic heterocycles. The van der Waals surface area contributed by atoms with Gasteiger partial charge >= 0.3 is 0 Å². The Bertz CT molecular complexity index is 752. The minimum absolute atomic E-state index is 0.491. The molecule has 1 atom stereocenters. The monoisotopic (exact) mass is 277 g/mol. The first-order valence-electron chi connectivity index (χ1n) is 6.89. The minimum atomic E-state index is 0.491. The van der Waals surface area contributed by atoms with Crippen LogP contribution in [0, 0.1) is 0 Å². The van der Waals surface area contributed by atoms with Crippen molar-refractivity contribution < 1.29 is 0 Å². The van der Waals surface area contributed by atoms with Crippen LogP contribution in [0.5, 0.6) is 0 Å². The molecule has 1 heterocycles. The standard InChI is InChI=1S/C18H15NS/c1-2-7-14(8-3-1)17-12-19-18-15-9-5-4-6-13(15)10-11-16(18)20-17/h1-11,17,19H,12H2. The maximum Gasteiger partial charge on any atom is 0.0558 e. The molecule has 0 aliphatic carbocycles. The van der Waals surface area contributed by atoms with E-state index in [1.165, 1.54) is 26.9 Å². The van der Waals surface area contributed by atoms with Crippen molar-refractivity contribution in [3.63, 3.8) is 0 Å². The van der Waals surface area contributed by atoms with Gasteiger partial charge in [-0.25, -0.2) is 0 Å². The number of rotatable bonds is 1. The van der Waals surface area contributed by atoms with Crippen LogP contribution in [0.25, 0.3) is 10.8 Å². The lowest BCUT2D eigenvalue weighted by Gasteiger charge is -2.27. The van der Waals surface area contributed by atoms with E-state index in [0.29, 0.717) is 5.25 Å². The van der Waals surface area contributed by atoms with E-state index < -0.39 is 0 Å². The van der Waals surface area contributed by atoms with Crippen molar-refractivity contribution in [2.75, 3.05) is 11.9 Å². The Morgan fingerprint density at radius 3 is 2.55 bits per heavy atom. The molecule has 0 saturated heterocycles. The van der Waals surface area contributed by atoms with E-state index in [1.807, 2.05) is 11.8 Å². The van der Waals surface area contributed by atoms with Gasteiger partial charge in [0, 0.05) is 16.8 Å². The topological polar surface area (TPSA) is 12.0 Å². The lowest BCUT2D eigenvalue weighted by molar-refractivity contribution is 0.968. The normalized spacial score (nSPS) is 17.5. The average Bonchev–Trinajstić information content (AvgIpc) is 2.55.